The number of hydrogen-bond donors (Lipinski definition) is 4. The average molecular weight is 593 g/mol. The fourth-order valence-corrected chi connectivity index (χ4v) is 5.99. The molecule has 0 radical (unpaired) electrons. The minimum absolute atomic E-state index is 0.00388. The van der Waals surface area contributed by atoms with Crippen LogP contribution in [0.25, 0.3) is 21.9 Å². The monoisotopic (exact) mass is 592 g/mol. The van der Waals surface area contributed by atoms with Crippen molar-refractivity contribution in [2.75, 3.05) is 48.2 Å². The van der Waals surface area contributed by atoms with Gasteiger partial charge in [-0.2, -0.15) is 0 Å². The van der Waals surface area contributed by atoms with E-state index in [0.29, 0.717) is 42.7 Å². The number of H-pyrrole nitrogens is 2. The summed E-state index contributed by atoms with van der Waals surface area (Å²) in [5, 5.41) is 14.8. The van der Waals surface area contributed by atoms with Crippen LogP contribution in [0.4, 0.5) is 17.5 Å². The molecule has 3 aromatic heterocycles. The molecule has 0 aliphatic carbocycles. The van der Waals surface area contributed by atoms with Gasteiger partial charge in [-0.05, 0) is 48.6 Å². The van der Waals surface area contributed by atoms with Crippen molar-refractivity contribution in [1.29, 1.82) is 0 Å². The molecule has 1 fully saturated rings. The number of phenols is 1. The zero-order valence-electron chi connectivity index (χ0n) is 21.8. The highest BCUT2D eigenvalue weighted by Gasteiger charge is 2.27. The summed E-state index contributed by atoms with van der Waals surface area (Å²) < 4.78 is 32.9. The number of hydrogen-bond acceptors (Lipinski definition) is 9. The molecular formula is C26H26N9O4S2+. The SMILES string of the molecule is COc1cc2[nH]c3c(N4CCN(C(=S)Nc5ccc(S(=O)(=O)Nc6ncccn6)cc5)CC4)[nH+]cnc3c2cc1O. The molecule has 13 nitrogen and oxygen atoms in total. The van der Waals surface area contributed by atoms with E-state index >= 15 is 0 Å². The molecule has 0 amide bonds. The van der Waals surface area contributed by atoms with Crippen LogP contribution in [-0.2, 0) is 10.0 Å². The number of aromatic hydroxyl groups is 1. The lowest BCUT2D eigenvalue weighted by Crippen LogP contribution is -2.51. The molecule has 1 saturated heterocycles. The van der Waals surface area contributed by atoms with Crippen LogP contribution in [0.5, 0.6) is 11.5 Å². The molecule has 41 heavy (non-hydrogen) atoms. The molecule has 1 aliphatic heterocycles. The first-order valence-electron chi connectivity index (χ1n) is 12.6. The normalized spacial score (nSPS) is 13.9. The van der Waals surface area contributed by atoms with Gasteiger partial charge in [0.25, 0.3) is 10.0 Å². The van der Waals surface area contributed by atoms with Crippen molar-refractivity contribution in [3.63, 3.8) is 0 Å². The summed E-state index contributed by atoms with van der Waals surface area (Å²) >= 11 is 5.65. The number of fused-ring (bicyclic) bond motifs is 3. The van der Waals surface area contributed by atoms with Crippen LogP contribution in [0, 0.1) is 0 Å². The van der Waals surface area contributed by atoms with Crippen molar-refractivity contribution in [2.45, 2.75) is 4.90 Å². The fourth-order valence-electron chi connectivity index (χ4n) is 4.73. The Labute approximate surface area is 240 Å². The van der Waals surface area contributed by atoms with Crippen molar-refractivity contribution >= 4 is 66.7 Å². The molecule has 6 rings (SSSR count). The van der Waals surface area contributed by atoms with Gasteiger partial charge in [0.05, 0.1) is 43.7 Å². The van der Waals surface area contributed by atoms with Gasteiger partial charge >= 0.3 is 0 Å². The smallest absolute Gasteiger partial charge is 0.264 e. The molecule has 5 aromatic rings. The Morgan fingerprint density at radius 3 is 2.54 bits per heavy atom. The first-order valence-corrected chi connectivity index (χ1v) is 14.5. The Kier molecular flexibility index (Phi) is 6.88. The van der Waals surface area contributed by atoms with E-state index in [4.69, 9.17) is 17.0 Å². The van der Waals surface area contributed by atoms with Gasteiger partial charge in [0.2, 0.25) is 18.1 Å². The van der Waals surface area contributed by atoms with E-state index < -0.39 is 10.0 Å². The van der Waals surface area contributed by atoms with Gasteiger partial charge in [0, 0.05) is 29.5 Å². The summed E-state index contributed by atoms with van der Waals surface area (Å²) in [6.07, 6.45) is 4.57. The van der Waals surface area contributed by atoms with E-state index in [0.717, 1.165) is 27.8 Å². The molecule has 1 aliphatic rings. The van der Waals surface area contributed by atoms with Crippen LogP contribution in [0.15, 0.2) is 66.1 Å². The van der Waals surface area contributed by atoms with Gasteiger partial charge in [-0.25, -0.2) is 28.1 Å². The summed E-state index contributed by atoms with van der Waals surface area (Å²) in [5.74, 6) is 1.35. The maximum absolute atomic E-state index is 12.6. The zero-order chi connectivity index (χ0) is 28.6. The Morgan fingerprint density at radius 1 is 1.10 bits per heavy atom. The van der Waals surface area contributed by atoms with Crippen molar-refractivity contribution < 1.29 is 23.2 Å². The van der Waals surface area contributed by atoms with Gasteiger partial charge in [0.1, 0.15) is 0 Å². The van der Waals surface area contributed by atoms with Crippen molar-refractivity contribution in [2.24, 2.45) is 0 Å². The molecular weight excluding hydrogens is 566 g/mol. The van der Waals surface area contributed by atoms with E-state index in [9.17, 15) is 13.5 Å². The van der Waals surface area contributed by atoms with Crippen molar-refractivity contribution in [3.05, 3.63) is 61.2 Å². The number of nitrogens with zero attached hydrogens (tertiary/aromatic N) is 5. The second-order valence-electron chi connectivity index (χ2n) is 9.28. The second-order valence-corrected chi connectivity index (χ2v) is 11.3. The molecule has 15 heteroatoms. The van der Waals surface area contributed by atoms with Crippen LogP contribution in [0.2, 0.25) is 0 Å². The Bertz CT molecular complexity index is 1840. The lowest BCUT2D eigenvalue weighted by atomic mass is 10.2. The number of nitrogens with one attached hydrogen (secondary N) is 4. The van der Waals surface area contributed by atoms with Crippen LogP contribution >= 0.6 is 12.2 Å². The number of thiocarbonyl (C=S) groups is 1. The minimum atomic E-state index is -3.82. The van der Waals surface area contributed by atoms with Crippen molar-refractivity contribution in [3.8, 4) is 11.5 Å². The highest BCUT2D eigenvalue weighted by atomic mass is 32.2. The van der Waals surface area contributed by atoms with Gasteiger partial charge in [0.15, 0.2) is 27.6 Å². The summed E-state index contributed by atoms with van der Waals surface area (Å²) in [4.78, 5) is 23.3. The van der Waals surface area contributed by atoms with Gasteiger partial charge in [-0.1, -0.05) is 0 Å². The van der Waals surface area contributed by atoms with E-state index in [1.54, 1.807) is 36.7 Å². The quantitative estimate of drug-likeness (QED) is 0.214. The maximum atomic E-state index is 12.6. The summed E-state index contributed by atoms with van der Waals surface area (Å²) in [5.41, 5.74) is 3.08. The molecule has 0 unspecified atom stereocenters. The highest BCUT2D eigenvalue weighted by molar-refractivity contribution is 7.92. The third kappa shape index (κ3) is 5.24. The summed E-state index contributed by atoms with van der Waals surface area (Å²) in [6.45, 7) is 2.75. The number of sulfonamides is 1. The van der Waals surface area contributed by atoms with Gasteiger partial charge in [-0.3, -0.25) is 4.90 Å². The number of piperazine rings is 1. The number of aromatic amines is 2. The first-order chi connectivity index (χ1) is 19.8. The fraction of sp³-hybridized carbons (Fsp3) is 0.192. The Hall–Kier alpha value is -4.76. The number of rotatable bonds is 6. The van der Waals surface area contributed by atoms with Crippen LogP contribution in [0.3, 0.4) is 0 Å². The van der Waals surface area contributed by atoms with E-state index in [2.05, 4.69) is 44.8 Å². The molecule has 4 heterocycles. The Morgan fingerprint density at radius 2 is 1.83 bits per heavy atom. The third-order valence-corrected chi connectivity index (χ3v) is 8.50. The standard InChI is InChI=1S/C26H25N9O4S2/c1-39-21-14-19-18(13-20(21)36)22-23(32-19)24(30-15-29-22)34-9-11-35(12-10-34)26(40)31-16-3-5-17(6-4-16)41(37,38)33-25-27-7-2-8-28-25/h2-8,13-15,32,36H,9-12H2,1H3,(H,31,40)(H,27,28,33)/p+1. The predicted molar refractivity (Wildman–Crippen MR) is 158 cm³/mol. The lowest BCUT2D eigenvalue weighted by molar-refractivity contribution is -0.367. The summed E-state index contributed by atoms with van der Waals surface area (Å²) in [7, 11) is -2.31. The molecule has 0 spiro atoms. The average Bonchev–Trinajstić information content (AvgIpc) is 3.35. The summed E-state index contributed by atoms with van der Waals surface area (Å²) in [6, 6.07) is 11.3. The molecule has 0 bridgehead atoms. The number of phenolic OH excluding ortho intramolecular Hbond substituents is 1. The highest BCUT2D eigenvalue weighted by Crippen LogP contribution is 2.35. The third-order valence-electron chi connectivity index (χ3n) is 6.79. The molecule has 0 atom stereocenters. The molecule has 5 N–H and O–H groups in total. The second kappa shape index (κ2) is 10.7. The van der Waals surface area contributed by atoms with Gasteiger partial charge in [-0.15, -0.1) is 4.98 Å². The number of benzene rings is 2. The topological polar surface area (TPSA) is 163 Å². The van der Waals surface area contributed by atoms with Gasteiger partial charge < -0.3 is 25.0 Å². The lowest BCUT2D eigenvalue weighted by Gasteiger charge is -2.34. The number of anilines is 3. The van der Waals surface area contributed by atoms with Crippen LogP contribution in [0.1, 0.15) is 0 Å². The van der Waals surface area contributed by atoms with E-state index in [-0.39, 0.29) is 16.6 Å². The Balaban J connectivity index is 1.11. The molecule has 0 saturated carbocycles. The van der Waals surface area contributed by atoms with E-state index in [1.807, 2.05) is 0 Å². The zero-order valence-corrected chi connectivity index (χ0v) is 23.5. The predicted octanol–water partition coefficient (Wildman–Crippen LogP) is 2.35. The number of aromatic nitrogens is 5. The molecule has 210 valence electrons. The molecule has 2 aromatic carbocycles. The number of methoxy groups -OCH3 is 1. The number of ether oxygens (including phenoxy) is 1. The first kappa shape index (κ1) is 26.5. The van der Waals surface area contributed by atoms with Crippen molar-refractivity contribution in [1.82, 2.24) is 24.8 Å². The minimum Gasteiger partial charge on any atom is -0.504 e. The largest absolute Gasteiger partial charge is 0.504 e. The van der Waals surface area contributed by atoms with Crippen LogP contribution in [-0.4, -0.2) is 76.8 Å². The van der Waals surface area contributed by atoms with Crippen LogP contribution < -0.4 is 24.7 Å². The maximum Gasteiger partial charge on any atom is 0.264 e. The van der Waals surface area contributed by atoms with E-state index in [1.165, 1.54) is 31.6 Å².